The van der Waals surface area contributed by atoms with E-state index < -0.39 is 21.5 Å². The van der Waals surface area contributed by atoms with Gasteiger partial charge < -0.3 is 10.2 Å². The molecule has 0 fully saturated rings. The molecule has 10 nitrogen and oxygen atoms in total. The molecule has 0 unspecified atom stereocenters. The first-order valence-electron chi connectivity index (χ1n) is 10.7. The number of rotatable bonds is 3. The van der Waals surface area contributed by atoms with Crippen molar-refractivity contribution in [3.8, 4) is 0 Å². The van der Waals surface area contributed by atoms with Crippen LogP contribution in [-0.4, -0.2) is 50.2 Å². The molecule has 5 rings (SSSR count). The van der Waals surface area contributed by atoms with Crippen LogP contribution in [0.25, 0.3) is 0 Å². The fourth-order valence-corrected chi connectivity index (χ4v) is 6.22. The quantitative estimate of drug-likeness (QED) is 0.520. The Morgan fingerprint density at radius 3 is 2.54 bits per heavy atom. The van der Waals surface area contributed by atoms with Crippen molar-refractivity contribution in [2.24, 2.45) is 0 Å². The number of benzene rings is 2. The number of hydrogen-bond donors (Lipinski definition) is 1. The maximum atomic E-state index is 13.3. The standard InChI is InChI=1S/C23H21BrN6O4S/c1-13-15-11-25-22(26-14-8-9-18-19(10-14)35(33,34)12-20(31)28(18)2)27-21(15)29(3)23(32)30(13)17-7-5-4-6-16(17)24/h4-11,13H,12H2,1-3H3,(H,25,26,27)/t13-/m0/s1. The molecule has 1 atom stereocenters. The molecule has 1 N–H and O–H groups in total. The summed E-state index contributed by atoms with van der Waals surface area (Å²) in [5, 5.41) is 3.02. The summed E-state index contributed by atoms with van der Waals surface area (Å²) in [6.45, 7) is 1.91. The second-order valence-corrected chi connectivity index (χ2v) is 11.1. The minimum Gasteiger partial charge on any atom is -0.324 e. The van der Waals surface area contributed by atoms with Crippen LogP contribution >= 0.6 is 15.9 Å². The summed E-state index contributed by atoms with van der Waals surface area (Å²) in [6.07, 6.45) is 1.66. The third-order valence-electron chi connectivity index (χ3n) is 6.16. The smallest absolute Gasteiger partial charge is 0.324 e. The molecule has 0 saturated carbocycles. The van der Waals surface area contributed by atoms with E-state index in [1.165, 1.54) is 15.9 Å². The Morgan fingerprint density at radius 1 is 1.06 bits per heavy atom. The molecule has 0 aliphatic carbocycles. The molecule has 1 aromatic heterocycles. The molecule has 2 aliphatic rings. The lowest BCUT2D eigenvalue weighted by Crippen LogP contribution is -2.48. The normalized spacial score (nSPS) is 18.9. The van der Waals surface area contributed by atoms with Crippen LogP contribution < -0.4 is 20.0 Å². The Morgan fingerprint density at radius 2 is 1.80 bits per heavy atom. The maximum Gasteiger partial charge on any atom is 0.330 e. The Bertz CT molecular complexity index is 1500. The first kappa shape index (κ1) is 23.2. The lowest BCUT2D eigenvalue weighted by atomic mass is 10.1. The molecule has 3 heterocycles. The molecular formula is C23H21BrN6O4S. The van der Waals surface area contributed by atoms with E-state index in [1.807, 2.05) is 31.2 Å². The predicted molar refractivity (Wildman–Crippen MR) is 136 cm³/mol. The number of urea groups is 1. The number of para-hydroxylation sites is 1. The highest BCUT2D eigenvalue weighted by Crippen LogP contribution is 2.40. The van der Waals surface area contributed by atoms with Crippen LogP contribution in [0, 0.1) is 0 Å². The summed E-state index contributed by atoms with van der Waals surface area (Å²) < 4.78 is 25.9. The number of amides is 3. The Labute approximate surface area is 210 Å². The van der Waals surface area contributed by atoms with Crippen LogP contribution in [0.1, 0.15) is 18.5 Å². The van der Waals surface area contributed by atoms with Crippen LogP contribution in [0.15, 0.2) is 58.0 Å². The van der Waals surface area contributed by atoms with Crippen LogP contribution in [0.3, 0.4) is 0 Å². The minimum absolute atomic E-state index is 0.0626. The van der Waals surface area contributed by atoms with Gasteiger partial charge in [-0.25, -0.2) is 18.2 Å². The Balaban J connectivity index is 1.48. The summed E-state index contributed by atoms with van der Waals surface area (Å²) in [6, 6.07) is 11.6. The summed E-state index contributed by atoms with van der Waals surface area (Å²) in [5.74, 6) is -0.384. The van der Waals surface area contributed by atoms with Gasteiger partial charge in [0.2, 0.25) is 11.9 Å². The molecule has 2 aromatic carbocycles. The molecule has 35 heavy (non-hydrogen) atoms. The van der Waals surface area contributed by atoms with Crippen LogP contribution in [0.2, 0.25) is 0 Å². The average Bonchev–Trinajstić information content (AvgIpc) is 2.82. The van der Waals surface area contributed by atoms with Gasteiger partial charge in [-0.3, -0.25) is 14.6 Å². The Hall–Kier alpha value is -3.51. The lowest BCUT2D eigenvalue weighted by Gasteiger charge is -2.39. The topological polar surface area (TPSA) is 116 Å². The predicted octanol–water partition coefficient (Wildman–Crippen LogP) is 3.87. The highest BCUT2D eigenvalue weighted by atomic mass is 79.9. The van der Waals surface area contributed by atoms with Gasteiger partial charge in [0.15, 0.2) is 9.84 Å². The molecule has 180 valence electrons. The van der Waals surface area contributed by atoms with Gasteiger partial charge in [-0.15, -0.1) is 0 Å². The fourth-order valence-electron chi connectivity index (χ4n) is 4.24. The van der Waals surface area contributed by atoms with Gasteiger partial charge in [0.25, 0.3) is 0 Å². The zero-order valence-corrected chi connectivity index (χ0v) is 21.5. The van der Waals surface area contributed by atoms with Crippen molar-refractivity contribution in [2.75, 3.05) is 39.9 Å². The van der Waals surface area contributed by atoms with Crippen molar-refractivity contribution in [1.29, 1.82) is 0 Å². The molecule has 0 radical (unpaired) electrons. The summed E-state index contributed by atoms with van der Waals surface area (Å²) >= 11 is 3.52. The minimum atomic E-state index is -3.75. The summed E-state index contributed by atoms with van der Waals surface area (Å²) in [4.78, 5) is 38.7. The van der Waals surface area contributed by atoms with E-state index in [-0.39, 0.29) is 22.9 Å². The maximum absolute atomic E-state index is 13.3. The molecule has 0 bridgehead atoms. The van der Waals surface area contributed by atoms with Crippen LogP contribution in [-0.2, 0) is 14.6 Å². The number of halogens is 1. The lowest BCUT2D eigenvalue weighted by molar-refractivity contribution is -0.116. The van der Waals surface area contributed by atoms with E-state index in [0.717, 1.165) is 15.7 Å². The SMILES string of the molecule is C[C@H]1c2cnc(Nc3ccc4c(c3)S(=O)(=O)CC(=O)N4C)nc2N(C)C(=O)N1c1ccccc1Br. The third-order valence-corrected chi connectivity index (χ3v) is 8.45. The molecule has 3 aromatic rings. The van der Waals surface area contributed by atoms with E-state index in [2.05, 4.69) is 31.2 Å². The fraction of sp³-hybridized carbons (Fsp3) is 0.217. The molecule has 0 saturated heterocycles. The summed E-state index contributed by atoms with van der Waals surface area (Å²) in [5.41, 5.74) is 2.28. The van der Waals surface area contributed by atoms with Crippen molar-refractivity contribution >= 4 is 66.5 Å². The second kappa shape index (κ2) is 8.31. The van der Waals surface area contributed by atoms with Gasteiger partial charge in [-0.2, -0.15) is 4.98 Å². The van der Waals surface area contributed by atoms with Crippen LogP contribution in [0.5, 0.6) is 0 Å². The van der Waals surface area contributed by atoms with Gasteiger partial charge in [-0.05, 0) is 53.2 Å². The largest absolute Gasteiger partial charge is 0.330 e. The number of carbonyl (C=O) groups excluding carboxylic acids is 2. The zero-order valence-electron chi connectivity index (χ0n) is 19.1. The number of sulfone groups is 1. The number of fused-ring (bicyclic) bond motifs is 2. The van der Waals surface area contributed by atoms with Crippen LogP contribution in [0.4, 0.5) is 33.6 Å². The Kier molecular flexibility index (Phi) is 5.52. The highest BCUT2D eigenvalue weighted by molar-refractivity contribution is 9.10. The first-order chi connectivity index (χ1) is 16.6. The van der Waals surface area contributed by atoms with E-state index >= 15 is 0 Å². The summed E-state index contributed by atoms with van der Waals surface area (Å²) in [7, 11) is -0.560. The molecule has 12 heteroatoms. The van der Waals surface area contributed by atoms with Gasteiger partial charge in [0, 0.05) is 36.0 Å². The molecular weight excluding hydrogens is 536 g/mol. The highest BCUT2D eigenvalue weighted by Gasteiger charge is 2.37. The molecule has 2 aliphatic heterocycles. The van der Waals surface area contributed by atoms with Crippen molar-refractivity contribution < 1.29 is 18.0 Å². The van der Waals surface area contributed by atoms with Gasteiger partial charge >= 0.3 is 6.03 Å². The van der Waals surface area contributed by atoms with Gasteiger partial charge in [0.05, 0.1) is 22.3 Å². The third kappa shape index (κ3) is 3.82. The molecule has 0 spiro atoms. The zero-order chi connectivity index (χ0) is 25.1. The van der Waals surface area contributed by atoms with E-state index in [9.17, 15) is 18.0 Å². The molecule has 3 amide bonds. The van der Waals surface area contributed by atoms with E-state index in [0.29, 0.717) is 17.2 Å². The van der Waals surface area contributed by atoms with Crippen molar-refractivity contribution in [2.45, 2.75) is 17.9 Å². The van der Waals surface area contributed by atoms with Gasteiger partial charge in [-0.1, -0.05) is 12.1 Å². The average molecular weight is 557 g/mol. The number of nitrogens with zero attached hydrogens (tertiary/aromatic N) is 5. The number of carbonyl (C=O) groups is 2. The van der Waals surface area contributed by atoms with Crippen molar-refractivity contribution in [3.05, 3.63) is 58.7 Å². The number of nitrogens with one attached hydrogen (secondary N) is 1. The van der Waals surface area contributed by atoms with Gasteiger partial charge in [0.1, 0.15) is 11.6 Å². The van der Waals surface area contributed by atoms with Crippen molar-refractivity contribution in [1.82, 2.24) is 9.97 Å². The van der Waals surface area contributed by atoms with Crippen molar-refractivity contribution in [3.63, 3.8) is 0 Å². The number of aromatic nitrogens is 2. The van der Waals surface area contributed by atoms with E-state index in [1.54, 1.807) is 37.3 Å². The van der Waals surface area contributed by atoms with E-state index in [4.69, 9.17) is 0 Å². The monoisotopic (exact) mass is 556 g/mol. The number of anilines is 5. The first-order valence-corrected chi connectivity index (χ1v) is 13.1. The second-order valence-electron chi connectivity index (χ2n) is 8.33. The number of hydrogen-bond acceptors (Lipinski definition) is 7.